The molecule has 0 bridgehead atoms. The van der Waals surface area contributed by atoms with Crippen LogP contribution in [0.15, 0.2) is 24.5 Å². The van der Waals surface area contributed by atoms with E-state index in [4.69, 9.17) is 11.6 Å². The number of nitrogens with one attached hydrogen (secondary N) is 1. The van der Waals surface area contributed by atoms with Crippen LogP contribution in [0.5, 0.6) is 0 Å². The van der Waals surface area contributed by atoms with Gasteiger partial charge in [0.2, 0.25) is 0 Å². The monoisotopic (exact) mass is 240 g/mol. The Morgan fingerprint density at radius 2 is 2.31 bits per heavy atom. The van der Waals surface area contributed by atoms with E-state index < -0.39 is 0 Å². The lowest BCUT2D eigenvalue weighted by molar-refractivity contribution is 0.0935. The predicted octanol–water partition coefficient (Wildman–Crippen LogP) is 2.47. The third kappa shape index (κ3) is 4.19. The van der Waals surface area contributed by atoms with Gasteiger partial charge in [-0.3, -0.25) is 9.78 Å². The smallest absolute Gasteiger partial charge is 0.252 e. The zero-order valence-corrected chi connectivity index (χ0v) is 10.4. The molecule has 3 nitrogen and oxygen atoms in total. The molecule has 0 radical (unpaired) electrons. The summed E-state index contributed by atoms with van der Waals surface area (Å²) in [6.07, 6.45) is 4.08. The van der Waals surface area contributed by atoms with Gasteiger partial charge in [-0.25, -0.2) is 0 Å². The van der Waals surface area contributed by atoms with Gasteiger partial charge in [0.1, 0.15) is 0 Å². The molecule has 0 aliphatic rings. The van der Waals surface area contributed by atoms with Gasteiger partial charge in [-0.05, 0) is 24.0 Å². The number of hydrogen-bond acceptors (Lipinski definition) is 2. The summed E-state index contributed by atoms with van der Waals surface area (Å²) in [7, 11) is 0. The van der Waals surface area contributed by atoms with Gasteiger partial charge < -0.3 is 5.32 Å². The zero-order chi connectivity index (χ0) is 12.0. The van der Waals surface area contributed by atoms with Crippen molar-refractivity contribution in [2.45, 2.75) is 20.3 Å². The molecular weight excluding hydrogens is 224 g/mol. The zero-order valence-electron chi connectivity index (χ0n) is 9.66. The quantitative estimate of drug-likeness (QED) is 0.804. The predicted molar refractivity (Wildman–Crippen MR) is 65.7 cm³/mol. The molecule has 16 heavy (non-hydrogen) atoms. The lowest BCUT2D eigenvalue weighted by Gasteiger charge is -2.23. The molecular formula is C12H17ClN2O. The van der Waals surface area contributed by atoms with Crippen molar-refractivity contribution in [3.8, 4) is 0 Å². The van der Waals surface area contributed by atoms with Gasteiger partial charge in [0.15, 0.2) is 0 Å². The molecule has 1 aromatic rings. The van der Waals surface area contributed by atoms with Crippen LogP contribution in [0.4, 0.5) is 0 Å². The maximum atomic E-state index is 11.7. The highest BCUT2D eigenvalue weighted by Gasteiger charge is 2.18. The van der Waals surface area contributed by atoms with Crippen LogP contribution in [0.1, 0.15) is 30.6 Å². The molecule has 1 rings (SSSR count). The van der Waals surface area contributed by atoms with Crippen LogP contribution in [-0.2, 0) is 0 Å². The molecule has 1 heterocycles. The molecule has 0 fully saturated rings. The van der Waals surface area contributed by atoms with Crippen LogP contribution in [0.2, 0.25) is 0 Å². The second-order valence-corrected chi connectivity index (χ2v) is 4.91. The first-order valence-corrected chi connectivity index (χ1v) is 5.83. The van der Waals surface area contributed by atoms with Gasteiger partial charge in [-0.1, -0.05) is 13.8 Å². The Balaban J connectivity index is 2.48. The molecule has 1 aromatic heterocycles. The minimum absolute atomic E-state index is 0.0274. The van der Waals surface area contributed by atoms with E-state index in [1.807, 2.05) is 0 Å². The lowest BCUT2D eigenvalue weighted by Crippen LogP contribution is -2.34. The van der Waals surface area contributed by atoms with E-state index in [0.717, 1.165) is 6.42 Å². The number of aromatic nitrogens is 1. The number of carbonyl (C=O) groups excluding carboxylic acids is 1. The van der Waals surface area contributed by atoms with E-state index in [0.29, 0.717) is 18.0 Å². The van der Waals surface area contributed by atoms with Crippen LogP contribution in [0, 0.1) is 5.41 Å². The SMILES string of the molecule is CC(C)(CCCl)CNC(=O)c1cccnc1. The minimum atomic E-state index is -0.0873. The Hall–Kier alpha value is -1.09. The van der Waals surface area contributed by atoms with Crippen LogP contribution < -0.4 is 5.32 Å². The fourth-order valence-corrected chi connectivity index (χ4v) is 1.77. The Morgan fingerprint density at radius 1 is 1.56 bits per heavy atom. The van der Waals surface area contributed by atoms with Crippen LogP contribution in [0.25, 0.3) is 0 Å². The molecule has 0 saturated carbocycles. The van der Waals surface area contributed by atoms with E-state index in [1.165, 1.54) is 0 Å². The van der Waals surface area contributed by atoms with E-state index >= 15 is 0 Å². The summed E-state index contributed by atoms with van der Waals surface area (Å²) in [5.41, 5.74) is 0.615. The van der Waals surface area contributed by atoms with Crippen LogP contribution in [0.3, 0.4) is 0 Å². The van der Waals surface area contributed by atoms with Crippen molar-refractivity contribution < 1.29 is 4.79 Å². The molecule has 0 aromatic carbocycles. The first-order valence-electron chi connectivity index (χ1n) is 5.29. The van der Waals surface area contributed by atoms with E-state index in [9.17, 15) is 4.79 Å². The fourth-order valence-electron chi connectivity index (χ4n) is 1.26. The topological polar surface area (TPSA) is 42.0 Å². The third-order valence-corrected chi connectivity index (χ3v) is 2.61. The Labute approximate surface area is 101 Å². The molecule has 0 spiro atoms. The first kappa shape index (κ1) is 13.0. The van der Waals surface area contributed by atoms with Crippen molar-refractivity contribution in [3.05, 3.63) is 30.1 Å². The highest BCUT2D eigenvalue weighted by atomic mass is 35.5. The number of hydrogen-bond donors (Lipinski definition) is 1. The average Bonchev–Trinajstić information content (AvgIpc) is 2.27. The summed E-state index contributed by atoms with van der Waals surface area (Å²) in [4.78, 5) is 15.6. The van der Waals surface area contributed by atoms with Gasteiger partial charge in [0.05, 0.1) is 5.56 Å². The molecule has 0 saturated heterocycles. The minimum Gasteiger partial charge on any atom is -0.351 e. The molecule has 4 heteroatoms. The molecule has 88 valence electrons. The standard InChI is InChI=1S/C12H17ClN2O/c1-12(2,5-6-13)9-15-11(16)10-4-3-7-14-8-10/h3-4,7-8H,5-6,9H2,1-2H3,(H,15,16). The number of pyridine rings is 1. The van der Waals surface area contributed by atoms with Crippen molar-refractivity contribution >= 4 is 17.5 Å². The summed E-state index contributed by atoms with van der Waals surface area (Å²) in [6, 6.07) is 3.50. The van der Waals surface area contributed by atoms with Crippen LogP contribution in [-0.4, -0.2) is 23.3 Å². The molecule has 0 aliphatic heterocycles. The van der Waals surface area contributed by atoms with E-state index in [2.05, 4.69) is 24.1 Å². The number of nitrogens with zero attached hydrogens (tertiary/aromatic N) is 1. The Morgan fingerprint density at radius 3 is 2.88 bits per heavy atom. The highest BCUT2D eigenvalue weighted by Crippen LogP contribution is 2.19. The molecule has 1 N–H and O–H groups in total. The second kappa shape index (κ2) is 5.85. The average molecular weight is 241 g/mol. The molecule has 1 amide bonds. The molecule has 0 atom stereocenters. The van der Waals surface area contributed by atoms with Crippen molar-refractivity contribution in [2.75, 3.05) is 12.4 Å². The number of amides is 1. The number of halogens is 1. The summed E-state index contributed by atoms with van der Waals surface area (Å²) < 4.78 is 0. The number of alkyl halides is 1. The van der Waals surface area contributed by atoms with Gasteiger partial charge in [0, 0.05) is 24.8 Å². The largest absolute Gasteiger partial charge is 0.351 e. The van der Waals surface area contributed by atoms with Crippen molar-refractivity contribution in [1.29, 1.82) is 0 Å². The Bertz CT molecular complexity index is 338. The van der Waals surface area contributed by atoms with Gasteiger partial charge in [-0.2, -0.15) is 0 Å². The maximum absolute atomic E-state index is 11.7. The van der Waals surface area contributed by atoms with Crippen LogP contribution >= 0.6 is 11.6 Å². The highest BCUT2D eigenvalue weighted by molar-refractivity contribution is 6.17. The molecule has 0 unspecified atom stereocenters. The summed E-state index contributed by atoms with van der Waals surface area (Å²) in [6.45, 7) is 4.78. The number of carbonyl (C=O) groups is 1. The van der Waals surface area contributed by atoms with Gasteiger partial charge >= 0.3 is 0 Å². The van der Waals surface area contributed by atoms with E-state index in [-0.39, 0.29) is 11.3 Å². The molecule has 0 aliphatic carbocycles. The van der Waals surface area contributed by atoms with Gasteiger partial charge in [0.25, 0.3) is 5.91 Å². The fraction of sp³-hybridized carbons (Fsp3) is 0.500. The summed E-state index contributed by atoms with van der Waals surface area (Å²) >= 11 is 5.70. The third-order valence-electron chi connectivity index (χ3n) is 2.42. The lowest BCUT2D eigenvalue weighted by atomic mass is 9.90. The van der Waals surface area contributed by atoms with Crippen molar-refractivity contribution in [3.63, 3.8) is 0 Å². The van der Waals surface area contributed by atoms with Crippen molar-refractivity contribution in [1.82, 2.24) is 10.3 Å². The summed E-state index contributed by atoms with van der Waals surface area (Å²) in [5.74, 6) is 0.520. The maximum Gasteiger partial charge on any atom is 0.252 e. The first-order chi connectivity index (χ1) is 7.55. The van der Waals surface area contributed by atoms with Crippen molar-refractivity contribution in [2.24, 2.45) is 5.41 Å². The normalized spacial score (nSPS) is 11.2. The summed E-state index contributed by atoms with van der Waals surface area (Å²) in [5, 5.41) is 2.89. The number of rotatable bonds is 5. The second-order valence-electron chi connectivity index (χ2n) is 4.53. The van der Waals surface area contributed by atoms with Gasteiger partial charge in [-0.15, -0.1) is 11.6 Å². The Kier molecular flexibility index (Phi) is 4.74. The van der Waals surface area contributed by atoms with E-state index in [1.54, 1.807) is 24.5 Å².